The van der Waals surface area contributed by atoms with E-state index in [0.717, 1.165) is 28.6 Å². The van der Waals surface area contributed by atoms with Gasteiger partial charge in [-0.2, -0.15) is 0 Å². The van der Waals surface area contributed by atoms with Crippen LogP contribution in [0.3, 0.4) is 0 Å². The lowest BCUT2D eigenvalue weighted by atomic mass is 10.0. The van der Waals surface area contributed by atoms with Gasteiger partial charge in [-0.25, -0.2) is 0 Å². The normalized spacial score (nSPS) is 10.3. The zero-order valence-corrected chi connectivity index (χ0v) is 20.1. The van der Waals surface area contributed by atoms with Gasteiger partial charge in [-0.3, -0.25) is 4.79 Å². The highest BCUT2D eigenvalue weighted by molar-refractivity contribution is 5.88. The highest BCUT2D eigenvalue weighted by Crippen LogP contribution is 2.24. The molecule has 0 atom stereocenters. The van der Waals surface area contributed by atoms with Crippen LogP contribution in [0.4, 0.5) is 5.69 Å². The molecule has 0 heterocycles. The molecule has 0 radical (unpaired) electrons. The predicted molar refractivity (Wildman–Crippen MR) is 146 cm³/mol. The molecule has 6 N–H and O–H groups in total. The Morgan fingerprint density at radius 1 is 0.853 bits per heavy atom. The summed E-state index contributed by atoms with van der Waals surface area (Å²) in [5.41, 5.74) is 17.0. The summed E-state index contributed by atoms with van der Waals surface area (Å²) in [6, 6.07) is 30.4. The Morgan fingerprint density at radius 3 is 2.09 bits per heavy atom. The first kappa shape index (κ1) is 26.2. The van der Waals surface area contributed by atoms with E-state index in [0.29, 0.717) is 6.67 Å². The average molecular weight is 455 g/mol. The molecule has 5 nitrogen and oxygen atoms in total. The first-order valence-corrected chi connectivity index (χ1v) is 11.1. The van der Waals surface area contributed by atoms with E-state index in [2.05, 4.69) is 60.0 Å². The van der Waals surface area contributed by atoms with Crippen LogP contribution in [-0.4, -0.2) is 20.0 Å². The second-order valence-electron chi connectivity index (χ2n) is 7.60. The third kappa shape index (κ3) is 8.11. The van der Waals surface area contributed by atoms with Crippen molar-refractivity contribution in [1.29, 1.82) is 0 Å². The van der Waals surface area contributed by atoms with Gasteiger partial charge in [-0.05, 0) is 59.5 Å². The van der Waals surface area contributed by atoms with Crippen LogP contribution in [0.2, 0.25) is 0 Å². The minimum Gasteiger partial charge on any atom is -0.403 e. The summed E-state index contributed by atoms with van der Waals surface area (Å²) in [6.45, 7) is 4.45. The molecule has 0 spiro atoms. The van der Waals surface area contributed by atoms with Crippen molar-refractivity contribution >= 4 is 22.7 Å². The summed E-state index contributed by atoms with van der Waals surface area (Å²) in [7, 11) is 1.83. The first-order valence-electron chi connectivity index (χ1n) is 11.1. The quantitative estimate of drug-likeness (QED) is 0.230. The lowest BCUT2D eigenvalue weighted by Crippen LogP contribution is -2.11. The van der Waals surface area contributed by atoms with E-state index in [1.165, 1.54) is 28.3 Å². The largest absolute Gasteiger partial charge is 0.403 e. The Balaban J connectivity index is 0.000000200. The number of anilines is 1. The van der Waals surface area contributed by atoms with Crippen LogP contribution in [0.25, 0.3) is 21.9 Å². The molecule has 34 heavy (non-hydrogen) atoms. The third-order valence-electron chi connectivity index (χ3n) is 5.18. The molecule has 0 aliphatic rings. The van der Waals surface area contributed by atoms with E-state index in [1.54, 1.807) is 0 Å². The molecular weight excluding hydrogens is 420 g/mol. The fourth-order valence-electron chi connectivity index (χ4n) is 3.15. The number of carbonyl (C=O) groups is 1. The Kier molecular flexibility index (Phi) is 10.9. The zero-order chi connectivity index (χ0) is 24.8. The maximum Gasteiger partial charge on any atom is 0.150 e. The van der Waals surface area contributed by atoms with E-state index < -0.39 is 0 Å². The van der Waals surface area contributed by atoms with E-state index in [-0.39, 0.29) is 0 Å². The monoisotopic (exact) mass is 454 g/mol. The SMILES string of the molecule is CN/C(C)=C\N.Cc1cc(-c2ccccc2)ccc1NCN.O=Cc1ccc2ccccc2c1. The molecule has 5 heteroatoms. The molecule has 0 fully saturated rings. The summed E-state index contributed by atoms with van der Waals surface area (Å²) < 4.78 is 0. The number of nitrogens with one attached hydrogen (secondary N) is 2. The summed E-state index contributed by atoms with van der Waals surface area (Å²) in [5.74, 6) is 0. The van der Waals surface area contributed by atoms with E-state index in [9.17, 15) is 4.79 Å². The molecule has 176 valence electrons. The van der Waals surface area contributed by atoms with Gasteiger partial charge in [0.25, 0.3) is 0 Å². The van der Waals surface area contributed by atoms with Gasteiger partial charge in [-0.1, -0.05) is 72.8 Å². The van der Waals surface area contributed by atoms with Gasteiger partial charge in [0.2, 0.25) is 0 Å². The maximum absolute atomic E-state index is 10.5. The minimum absolute atomic E-state index is 0.464. The van der Waals surface area contributed by atoms with Crippen molar-refractivity contribution in [2.75, 3.05) is 19.0 Å². The highest BCUT2D eigenvalue weighted by Gasteiger charge is 2.00. The number of aryl methyl sites for hydroxylation is 1. The minimum atomic E-state index is 0.464. The highest BCUT2D eigenvalue weighted by atomic mass is 16.1. The van der Waals surface area contributed by atoms with Gasteiger partial charge in [0, 0.05) is 30.2 Å². The van der Waals surface area contributed by atoms with Gasteiger partial charge in [0.05, 0.1) is 6.67 Å². The van der Waals surface area contributed by atoms with Gasteiger partial charge in [0.1, 0.15) is 6.29 Å². The maximum atomic E-state index is 10.5. The first-order chi connectivity index (χ1) is 16.5. The number of fused-ring (bicyclic) bond motifs is 1. The molecule has 0 saturated carbocycles. The van der Waals surface area contributed by atoms with Gasteiger partial charge < -0.3 is 22.1 Å². The average Bonchev–Trinajstić information content (AvgIpc) is 2.90. The van der Waals surface area contributed by atoms with E-state index in [1.807, 2.05) is 62.5 Å². The summed E-state index contributed by atoms with van der Waals surface area (Å²) in [5, 5.41) is 8.27. The summed E-state index contributed by atoms with van der Waals surface area (Å²) >= 11 is 0. The van der Waals surface area contributed by atoms with Gasteiger partial charge in [-0.15, -0.1) is 0 Å². The molecule has 0 aromatic heterocycles. The number of rotatable bonds is 5. The molecule has 0 amide bonds. The van der Waals surface area contributed by atoms with Crippen molar-refractivity contribution in [3.8, 4) is 11.1 Å². The van der Waals surface area contributed by atoms with Gasteiger partial charge in [0.15, 0.2) is 0 Å². The Morgan fingerprint density at radius 2 is 1.53 bits per heavy atom. The fourth-order valence-corrected chi connectivity index (χ4v) is 3.15. The van der Waals surface area contributed by atoms with Crippen LogP contribution in [0, 0.1) is 6.92 Å². The second kappa shape index (κ2) is 14.1. The summed E-state index contributed by atoms with van der Waals surface area (Å²) in [4.78, 5) is 10.5. The number of hydrogen-bond donors (Lipinski definition) is 4. The van der Waals surface area contributed by atoms with Crippen molar-refractivity contribution in [3.05, 3.63) is 114 Å². The molecular formula is C29H34N4O. The third-order valence-corrected chi connectivity index (χ3v) is 5.18. The Labute approximate surface area is 202 Å². The molecule has 4 rings (SSSR count). The Hall–Kier alpha value is -4.09. The molecule has 0 bridgehead atoms. The summed E-state index contributed by atoms with van der Waals surface area (Å²) in [6.07, 6.45) is 2.40. The van der Waals surface area contributed by atoms with Crippen molar-refractivity contribution in [2.45, 2.75) is 13.8 Å². The molecule has 0 aliphatic carbocycles. The molecule has 0 aliphatic heterocycles. The number of benzene rings is 4. The predicted octanol–water partition coefficient (Wildman–Crippen LogP) is 5.67. The van der Waals surface area contributed by atoms with Crippen LogP contribution in [0.15, 0.2) is 103 Å². The van der Waals surface area contributed by atoms with Gasteiger partial charge >= 0.3 is 0 Å². The van der Waals surface area contributed by atoms with Crippen LogP contribution in [0.5, 0.6) is 0 Å². The second-order valence-corrected chi connectivity index (χ2v) is 7.60. The van der Waals surface area contributed by atoms with Crippen LogP contribution < -0.4 is 22.1 Å². The zero-order valence-electron chi connectivity index (χ0n) is 20.1. The lowest BCUT2D eigenvalue weighted by molar-refractivity contribution is 0.112. The van der Waals surface area contributed by atoms with Crippen LogP contribution in [0.1, 0.15) is 22.8 Å². The van der Waals surface area contributed by atoms with Crippen molar-refractivity contribution in [2.24, 2.45) is 11.5 Å². The van der Waals surface area contributed by atoms with E-state index >= 15 is 0 Å². The lowest BCUT2D eigenvalue weighted by Gasteiger charge is -2.09. The topological polar surface area (TPSA) is 93.2 Å². The fraction of sp³-hybridized carbons (Fsp3) is 0.138. The number of carbonyl (C=O) groups excluding carboxylic acids is 1. The van der Waals surface area contributed by atoms with Crippen LogP contribution >= 0.6 is 0 Å². The molecule has 0 unspecified atom stereocenters. The van der Waals surface area contributed by atoms with Crippen LogP contribution in [-0.2, 0) is 0 Å². The smallest absolute Gasteiger partial charge is 0.150 e. The molecule has 4 aromatic carbocycles. The number of hydrogen-bond acceptors (Lipinski definition) is 5. The van der Waals surface area contributed by atoms with Crippen molar-refractivity contribution in [3.63, 3.8) is 0 Å². The molecule has 0 saturated heterocycles. The van der Waals surface area contributed by atoms with Crippen molar-refractivity contribution < 1.29 is 4.79 Å². The van der Waals surface area contributed by atoms with Crippen molar-refractivity contribution in [1.82, 2.24) is 5.32 Å². The number of nitrogens with two attached hydrogens (primary N) is 2. The Bertz CT molecular complexity index is 1200. The standard InChI is InChI=1S/C14H16N2.C11H8O.C4H10N2/c1-11-9-13(7-8-14(11)16-10-15)12-5-3-2-4-6-12;12-8-9-5-6-10-3-1-2-4-11(10)7-9;1-4(3-5)6-2/h2-9,16H,10,15H2,1H3;1-8H;3,6H,5H2,1-2H3/b;;4-3-. The van der Waals surface area contributed by atoms with E-state index in [4.69, 9.17) is 11.5 Å². The number of aldehydes is 1. The number of allylic oxidation sites excluding steroid dienone is 1. The molecule has 4 aromatic rings.